The molecule has 70 valence electrons. The van der Waals surface area contributed by atoms with E-state index in [1.807, 2.05) is 0 Å². The molecule has 0 aromatic carbocycles. The lowest BCUT2D eigenvalue weighted by molar-refractivity contribution is -0.146. The minimum absolute atomic E-state index is 0.514. The molecule has 1 heterocycles. The topological polar surface area (TPSA) is 54.9 Å². The van der Waals surface area contributed by atoms with E-state index in [4.69, 9.17) is 0 Å². The molecule has 0 saturated heterocycles. The maximum Gasteiger partial charge on any atom is 0.484 e. The molecule has 4 nitrogen and oxygen atoms in total. The number of carbonyl (C=O) groups excluding carboxylic acids is 1. The molecule has 13 heavy (non-hydrogen) atoms. The average Bonchev–Trinajstić information content (AvgIpc) is 2.03. The van der Waals surface area contributed by atoms with E-state index in [0.717, 1.165) is 5.32 Å². The van der Waals surface area contributed by atoms with Crippen LogP contribution in [0.1, 0.15) is 10.6 Å². The van der Waals surface area contributed by atoms with Gasteiger partial charge >= 0.3 is 6.30 Å². The van der Waals surface area contributed by atoms with Gasteiger partial charge in [0.1, 0.15) is 0 Å². The van der Waals surface area contributed by atoms with Crippen molar-refractivity contribution in [3.63, 3.8) is 0 Å². The van der Waals surface area contributed by atoms with Crippen LogP contribution in [0.25, 0.3) is 0 Å². The molecule has 1 aromatic heterocycles. The monoisotopic (exact) mass is 191 g/mol. The number of carbonyl (C=O) groups is 1. The summed E-state index contributed by atoms with van der Waals surface area (Å²) in [5.74, 6) is -1.88. The molecule has 0 bridgehead atoms. The van der Waals surface area contributed by atoms with E-state index in [2.05, 4.69) is 9.97 Å². The van der Waals surface area contributed by atoms with E-state index in [0.29, 0.717) is 0 Å². The number of hydrogen-bond donors (Lipinski definition) is 1. The summed E-state index contributed by atoms with van der Waals surface area (Å²) in [4.78, 5) is 17.4. The maximum absolute atomic E-state index is 11.6. The van der Waals surface area contributed by atoms with Gasteiger partial charge < -0.3 is 0 Å². The first-order chi connectivity index (χ1) is 5.99. The van der Waals surface area contributed by atoms with Crippen molar-refractivity contribution >= 4 is 5.91 Å². The lowest BCUT2D eigenvalue weighted by atomic mass is 10.5. The summed E-state index contributed by atoms with van der Waals surface area (Å²) in [6, 6.07) is 1.39. The number of aromatic nitrogens is 2. The van der Waals surface area contributed by atoms with Gasteiger partial charge in [0, 0.05) is 12.4 Å². The normalized spacial score (nSPS) is 11.0. The first-order valence-corrected chi connectivity index (χ1v) is 3.15. The van der Waals surface area contributed by atoms with Crippen LogP contribution >= 0.6 is 0 Å². The van der Waals surface area contributed by atoms with Crippen molar-refractivity contribution in [1.82, 2.24) is 15.3 Å². The molecule has 7 heteroatoms. The highest BCUT2D eigenvalue weighted by Crippen LogP contribution is 2.09. The number of hydrogen-bond acceptors (Lipinski definition) is 3. The fourth-order valence-corrected chi connectivity index (χ4v) is 0.601. The molecule has 0 atom stereocenters. The summed E-state index contributed by atoms with van der Waals surface area (Å²) in [5.41, 5.74) is 0. The van der Waals surface area contributed by atoms with Gasteiger partial charge in [-0.25, -0.2) is 9.97 Å². The average molecular weight is 191 g/mol. The lowest BCUT2D eigenvalue weighted by Gasteiger charge is -2.06. The molecule has 1 aromatic rings. The van der Waals surface area contributed by atoms with Crippen molar-refractivity contribution in [1.29, 1.82) is 0 Å². The number of amides is 1. The third kappa shape index (κ3) is 3.06. The zero-order valence-corrected chi connectivity index (χ0v) is 6.17. The van der Waals surface area contributed by atoms with Crippen molar-refractivity contribution in [2.75, 3.05) is 0 Å². The molecule has 0 aliphatic carbocycles. The van der Waals surface area contributed by atoms with Crippen LogP contribution in [0.3, 0.4) is 0 Å². The van der Waals surface area contributed by atoms with Crippen LogP contribution < -0.4 is 5.32 Å². The molecule has 1 amide bonds. The van der Waals surface area contributed by atoms with E-state index in [-0.39, 0.29) is 0 Å². The summed E-state index contributed by atoms with van der Waals surface area (Å²) in [5, 5.41) is 0.771. The second kappa shape index (κ2) is 3.38. The molecule has 1 rings (SSSR count). The third-order valence-corrected chi connectivity index (χ3v) is 1.02. The van der Waals surface area contributed by atoms with Gasteiger partial charge in [-0.1, -0.05) is 0 Å². The van der Waals surface area contributed by atoms with Crippen molar-refractivity contribution < 1.29 is 18.0 Å². The third-order valence-electron chi connectivity index (χ3n) is 1.02. The Bertz CT molecular complexity index is 298. The Kier molecular flexibility index (Phi) is 2.45. The zero-order valence-electron chi connectivity index (χ0n) is 6.17. The van der Waals surface area contributed by atoms with Gasteiger partial charge in [0.15, 0.2) is 0 Å². The molecule has 0 radical (unpaired) electrons. The summed E-state index contributed by atoms with van der Waals surface area (Å²) in [6.45, 7) is 0. The summed E-state index contributed by atoms with van der Waals surface area (Å²) in [7, 11) is 0. The highest BCUT2D eigenvalue weighted by atomic mass is 19.4. The Balaban J connectivity index is 2.71. The quantitative estimate of drug-likeness (QED) is 0.665. The highest BCUT2D eigenvalue weighted by Gasteiger charge is 2.31. The van der Waals surface area contributed by atoms with Gasteiger partial charge in [0.05, 0.1) is 0 Å². The van der Waals surface area contributed by atoms with Crippen LogP contribution in [-0.2, 0) is 0 Å². The summed E-state index contributed by atoms with van der Waals surface area (Å²) in [6.07, 6.45) is -2.40. The van der Waals surface area contributed by atoms with E-state index in [9.17, 15) is 18.0 Å². The van der Waals surface area contributed by atoms with E-state index >= 15 is 0 Å². The Morgan fingerprint density at radius 1 is 1.31 bits per heavy atom. The fraction of sp³-hybridized carbons (Fsp3) is 0.167. The largest absolute Gasteiger partial charge is 0.484 e. The maximum atomic E-state index is 11.6. The molecule has 0 spiro atoms. The predicted octanol–water partition coefficient (Wildman–Crippen LogP) is 0.726. The molecule has 0 saturated carbocycles. The van der Waals surface area contributed by atoms with Gasteiger partial charge in [-0.3, -0.25) is 10.1 Å². The van der Waals surface area contributed by atoms with Gasteiger partial charge in [-0.15, -0.1) is 0 Å². The molecule has 0 fully saturated rings. The minimum Gasteiger partial charge on any atom is -0.265 e. The van der Waals surface area contributed by atoms with Crippen LogP contribution in [0.4, 0.5) is 13.2 Å². The van der Waals surface area contributed by atoms with Crippen LogP contribution in [0, 0.1) is 0 Å². The summed E-state index contributed by atoms with van der Waals surface area (Å²) < 4.78 is 34.8. The first kappa shape index (κ1) is 9.43. The SMILES string of the molecule is O=C(NC(F)(F)F)c1ncccn1. The van der Waals surface area contributed by atoms with Crippen molar-refractivity contribution in [2.24, 2.45) is 0 Å². The molecular weight excluding hydrogens is 187 g/mol. The lowest BCUT2D eigenvalue weighted by Crippen LogP contribution is -2.38. The minimum atomic E-state index is -4.75. The zero-order chi connectivity index (χ0) is 9.90. The Hall–Kier alpha value is -1.66. The van der Waals surface area contributed by atoms with Gasteiger partial charge in [-0.2, -0.15) is 13.2 Å². The first-order valence-electron chi connectivity index (χ1n) is 3.15. The van der Waals surface area contributed by atoms with Crippen LogP contribution in [0.15, 0.2) is 18.5 Å². The van der Waals surface area contributed by atoms with Crippen molar-refractivity contribution in [3.8, 4) is 0 Å². The van der Waals surface area contributed by atoms with Gasteiger partial charge in [0.2, 0.25) is 5.82 Å². The molecule has 1 N–H and O–H groups in total. The molecule has 0 unspecified atom stereocenters. The number of rotatable bonds is 1. The highest BCUT2D eigenvalue weighted by molar-refractivity contribution is 5.90. The van der Waals surface area contributed by atoms with Crippen LogP contribution in [0.5, 0.6) is 0 Å². The standard InChI is InChI=1S/C6H4F3N3O/c7-6(8,9)12-5(13)4-10-2-1-3-11-4/h1-3H,(H,12,13). The van der Waals surface area contributed by atoms with E-state index in [1.165, 1.54) is 18.5 Å². The number of nitrogens with zero attached hydrogens (tertiary/aromatic N) is 2. The Morgan fingerprint density at radius 2 is 1.85 bits per heavy atom. The van der Waals surface area contributed by atoms with Crippen LogP contribution in [0.2, 0.25) is 0 Å². The fourth-order valence-electron chi connectivity index (χ4n) is 0.601. The molecule has 0 aliphatic rings. The number of halogens is 3. The van der Waals surface area contributed by atoms with Crippen molar-refractivity contribution in [3.05, 3.63) is 24.3 Å². The smallest absolute Gasteiger partial charge is 0.265 e. The second-order valence-electron chi connectivity index (χ2n) is 2.02. The summed E-state index contributed by atoms with van der Waals surface area (Å²) >= 11 is 0. The van der Waals surface area contributed by atoms with E-state index in [1.54, 1.807) is 0 Å². The number of nitrogens with one attached hydrogen (secondary N) is 1. The predicted molar refractivity (Wildman–Crippen MR) is 35.6 cm³/mol. The van der Waals surface area contributed by atoms with Crippen molar-refractivity contribution in [2.45, 2.75) is 6.30 Å². The Morgan fingerprint density at radius 3 is 2.31 bits per heavy atom. The van der Waals surface area contributed by atoms with Gasteiger partial charge in [0.25, 0.3) is 5.91 Å². The van der Waals surface area contributed by atoms with Crippen LogP contribution in [-0.4, -0.2) is 22.2 Å². The molecule has 0 aliphatic heterocycles. The Labute approximate surface area is 70.8 Å². The van der Waals surface area contributed by atoms with E-state index < -0.39 is 18.0 Å². The molecular formula is C6H4F3N3O. The number of alkyl halides is 3. The van der Waals surface area contributed by atoms with Gasteiger partial charge in [-0.05, 0) is 6.07 Å². The second-order valence-corrected chi connectivity index (χ2v) is 2.02.